The minimum absolute atomic E-state index is 0.727. The molecule has 3 rings (SSSR count). The van der Waals surface area contributed by atoms with Crippen molar-refractivity contribution in [1.82, 2.24) is 9.78 Å². The minimum atomic E-state index is 0.727. The number of aryl methyl sites for hydroxylation is 1. The van der Waals surface area contributed by atoms with E-state index in [9.17, 15) is 5.26 Å². The molecule has 1 aliphatic rings. The molecule has 0 saturated carbocycles. The summed E-state index contributed by atoms with van der Waals surface area (Å²) >= 11 is 0. The number of aromatic nitrogens is 2. The number of hydrogen-bond acceptors (Lipinski definition) is 3. The van der Waals surface area contributed by atoms with Gasteiger partial charge in [-0.05, 0) is 30.5 Å². The highest BCUT2D eigenvalue weighted by atomic mass is 15.2. The Kier molecular flexibility index (Phi) is 2.52. The summed E-state index contributed by atoms with van der Waals surface area (Å²) in [4.78, 5) is 0. The van der Waals surface area contributed by atoms with Crippen LogP contribution in [0, 0.1) is 11.3 Å². The molecule has 0 aliphatic carbocycles. The van der Waals surface area contributed by atoms with E-state index in [0.717, 1.165) is 41.8 Å². The topological polar surface area (TPSA) is 53.6 Å². The summed E-state index contributed by atoms with van der Waals surface area (Å²) < 4.78 is 1.77. The first-order chi connectivity index (χ1) is 8.79. The van der Waals surface area contributed by atoms with Gasteiger partial charge in [0.25, 0.3) is 0 Å². The molecule has 2 aromatic rings. The van der Waals surface area contributed by atoms with Crippen LogP contribution in [0.2, 0.25) is 0 Å². The predicted octanol–water partition coefficient (Wildman–Crippen LogP) is 2.32. The van der Waals surface area contributed by atoms with E-state index in [1.165, 1.54) is 5.56 Å². The van der Waals surface area contributed by atoms with Crippen LogP contribution in [0.4, 0.5) is 5.69 Å². The predicted molar refractivity (Wildman–Crippen MR) is 70.2 cm³/mol. The highest BCUT2D eigenvalue weighted by Gasteiger charge is 2.18. The number of nitriles is 1. The number of benzene rings is 1. The van der Waals surface area contributed by atoms with Gasteiger partial charge in [0.15, 0.2) is 0 Å². The fourth-order valence-corrected chi connectivity index (χ4v) is 2.53. The van der Waals surface area contributed by atoms with Gasteiger partial charge in [-0.3, -0.25) is 4.68 Å². The maximum Gasteiger partial charge on any atom is 0.0998 e. The largest absolute Gasteiger partial charge is 0.385 e. The Labute approximate surface area is 106 Å². The monoisotopic (exact) mass is 238 g/mol. The Hall–Kier alpha value is -2.28. The molecule has 1 aromatic heterocycles. The van der Waals surface area contributed by atoms with E-state index in [1.54, 1.807) is 4.68 Å². The fourth-order valence-electron chi connectivity index (χ4n) is 2.53. The van der Waals surface area contributed by atoms with Crippen molar-refractivity contribution in [2.24, 2.45) is 7.05 Å². The molecule has 4 nitrogen and oxygen atoms in total. The second-order valence-corrected chi connectivity index (χ2v) is 4.56. The summed E-state index contributed by atoms with van der Waals surface area (Å²) in [5.74, 6) is 0. The molecule has 0 saturated heterocycles. The van der Waals surface area contributed by atoms with Crippen molar-refractivity contribution in [2.45, 2.75) is 12.8 Å². The summed E-state index contributed by atoms with van der Waals surface area (Å²) in [5.41, 5.74) is 5.18. The van der Waals surface area contributed by atoms with Gasteiger partial charge in [0.05, 0.1) is 17.8 Å². The van der Waals surface area contributed by atoms with Crippen LogP contribution < -0.4 is 5.32 Å². The first-order valence-electron chi connectivity index (χ1n) is 6.08. The van der Waals surface area contributed by atoms with E-state index in [4.69, 9.17) is 0 Å². The van der Waals surface area contributed by atoms with E-state index in [1.807, 2.05) is 31.6 Å². The van der Waals surface area contributed by atoms with Crippen LogP contribution in [0.3, 0.4) is 0 Å². The SMILES string of the molecule is Cn1cc(-c2c(C#N)ccc3c2CCCN3)cn1. The third kappa shape index (κ3) is 1.65. The van der Waals surface area contributed by atoms with Crippen molar-refractivity contribution < 1.29 is 0 Å². The van der Waals surface area contributed by atoms with Crippen molar-refractivity contribution in [3.05, 3.63) is 35.7 Å². The first kappa shape index (κ1) is 10.8. The van der Waals surface area contributed by atoms with Gasteiger partial charge >= 0.3 is 0 Å². The molecule has 0 spiro atoms. The molecule has 18 heavy (non-hydrogen) atoms. The summed E-state index contributed by atoms with van der Waals surface area (Å²) in [6.07, 6.45) is 5.91. The summed E-state index contributed by atoms with van der Waals surface area (Å²) in [5, 5.41) is 16.9. The number of rotatable bonds is 1. The van der Waals surface area contributed by atoms with Gasteiger partial charge in [0.2, 0.25) is 0 Å². The normalized spacial score (nSPS) is 13.6. The molecular formula is C14H14N4. The lowest BCUT2D eigenvalue weighted by atomic mass is 9.91. The van der Waals surface area contributed by atoms with E-state index < -0.39 is 0 Å². The van der Waals surface area contributed by atoms with E-state index in [2.05, 4.69) is 16.5 Å². The first-order valence-corrected chi connectivity index (χ1v) is 6.08. The van der Waals surface area contributed by atoms with Crippen LogP contribution in [0.5, 0.6) is 0 Å². The second kappa shape index (κ2) is 4.19. The van der Waals surface area contributed by atoms with Crippen molar-refractivity contribution in [3.63, 3.8) is 0 Å². The van der Waals surface area contributed by atoms with E-state index in [-0.39, 0.29) is 0 Å². The van der Waals surface area contributed by atoms with Crippen molar-refractivity contribution in [2.75, 3.05) is 11.9 Å². The van der Waals surface area contributed by atoms with Gasteiger partial charge in [-0.2, -0.15) is 10.4 Å². The zero-order valence-electron chi connectivity index (χ0n) is 10.3. The maximum atomic E-state index is 9.29. The minimum Gasteiger partial charge on any atom is -0.385 e. The molecule has 0 atom stereocenters. The quantitative estimate of drug-likeness (QED) is 0.829. The van der Waals surface area contributed by atoms with Gasteiger partial charge in [-0.15, -0.1) is 0 Å². The Morgan fingerprint density at radius 3 is 3.06 bits per heavy atom. The van der Waals surface area contributed by atoms with Crippen LogP contribution in [-0.2, 0) is 13.5 Å². The molecule has 0 unspecified atom stereocenters. The molecule has 2 heterocycles. The van der Waals surface area contributed by atoms with Gasteiger partial charge in [0, 0.05) is 36.6 Å². The number of hydrogen-bond donors (Lipinski definition) is 1. The van der Waals surface area contributed by atoms with E-state index in [0.29, 0.717) is 0 Å². The number of nitrogens with zero attached hydrogens (tertiary/aromatic N) is 3. The number of nitrogens with one attached hydrogen (secondary N) is 1. The van der Waals surface area contributed by atoms with Crippen LogP contribution in [-0.4, -0.2) is 16.3 Å². The molecule has 0 bridgehead atoms. The standard InChI is InChI=1S/C14H14N4/c1-18-9-11(8-17-18)14-10(7-15)4-5-13-12(14)3-2-6-16-13/h4-5,8-9,16H,2-3,6H2,1H3. The van der Waals surface area contributed by atoms with Crippen LogP contribution in [0.1, 0.15) is 17.5 Å². The molecule has 1 aromatic carbocycles. The van der Waals surface area contributed by atoms with Crippen LogP contribution in [0.25, 0.3) is 11.1 Å². The third-order valence-electron chi connectivity index (χ3n) is 3.35. The molecule has 90 valence electrons. The summed E-state index contributed by atoms with van der Waals surface area (Å²) in [6, 6.07) is 6.18. The highest BCUT2D eigenvalue weighted by molar-refractivity contribution is 5.79. The summed E-state index contributed by atoms with van der Waals surface area (Å²) in [7, 11) is 1.89. The molecule has 0 fully saturated rings. The average molecular weight is 238 g/mol. The third-order valence-corrected chi connectivity index (χ3v) is 3.35. The summed E-state index contributed by atoms with van der Waals surface area (Å²) in [6.45, 7) is 1.01. The number of fused-ring (bicyclic) bond motifs is 1. The van der Waals surface area contributed by atoms with Crippen molar-refractivity contribution in [1.29, 1.82) is 5.26 Å². The number of anilines is 1. The van der Waals surface area contributed by atoms with Gasteiger partial charge in [-0.25, -0.2) is 0 Å². The van der Waals surface area contributed by atoms with Crippen molar-refractivity contribution in [3.8, 4) is 17.2 Å². The Bertz CT molecular complexity index is 634. The highest BCUT2D eigenvalue weighted by Crippen LogP contribution is 2.35. The van der Waals surface area contributed by atoms with Crippen molar-refractivity contribution >= 4 is 5.69 Å². The second-order valence-electron chi connectivity index (χ2n) is 4.56. The lowest BCUT2D eigenvalue weighted by molar-refractivity contribution is 0.768. The molecule has 1 N–H and O–H groups in total. The van der Waals surface area contributed by atoms with Gasteiger partial charge < -0.3 is 5.32 Å². The maximum absolute atomic E-state index is 9.29. The van der Waals surface area contributed by atoms with Gasteiger partial charge in [0.1, 0.15) is 0 Å². The Morgan fingerprint density at radius 2 is 2.33 bits per heavy atom. The lowest BCUT2D eigenvalue weighted by Gasteiger charge is -2.21. The van der Waals surface area contributed by atoms with E-state index >= 15 is 0 Å². The Balaban J connectivity index is 2.25. The average Bonchev–Trinajstić information content (AvgIpc) is 2.83. The Morgan fingerprint density at radius 1 is 1.44 bits per heavy atom. The zero-order valence-corrected chi connectivity index (χ0v) is 10.3. The van der Waals surface area contributed by atoms with Gasteiger partial charge in [-0.1, -0.05) is 0 Å². The molecule has 1 aliphatic heterocycles. The zero-order chi connectivity index (χ0) is 12.5. The molecular weight excluding hydrogens is 224 g/mol. The molecule has 4 heteroatoms. The molecule has 0 radical (unpaired) electrons. The lowest BCUT2D eigenvalue weighted by Crippen LogP contribution is -2.13. The fraction of sp³-hybridized carbons (Fsp3) is 0.286. The van der Waals surface area contributed by atoms with Crippen LogP contribution in [0.15, 0.2) is 24.5 Å². The smallest absolute Gasteiger partial charge is 0.0998 e. The molecule has 0 amide bonds. The van der Waals surface area contributed by atoms with Crippen LogP contribution >= 0.6 is 0 Å².